The van der Waals surface area contributed by atoms with Crippen LogP contribution in [0.1, 0.15) is 37.9 Å². The molecule has 1 atom stereocenters. The molecule has 0 N–H and O–H groups in total. The molecule has 15 nitrogen and oxygen atoms in total. The number of carbonyl (C=O) groups is 1. The van der Waals surface area contributed by atoms with Crippen LogP contribution < -0.4 is 33.8 Å². The van der Waals surface area contributed by atoms with Crippen molar-refractivity contribution < 1.29 is 38.3 Å². The highest BCUT2D eigenvalue weighted by Crippen LogP contribution is 2.43. The Balaban J connectivity index is 1.61. The van der Waals surface area contributed by atoms with Gasteiger partial charge in [-0.25, -0.2) is 9.79 Å². The van der Waals surface area contributed by atoms with Crippen molar-refractivity contribution in [1.82, 2.24) is 4.57 Å². The number of rotatable bonds is 13. The molecule has 4 aromatic rings. The predicted octanol–water partition coefficient (Wildman–Crippen LogP) is 5.59. The molecule has 50 heavy (non-hydrogen) atoms. The fraction of sp³-hybridized carbons (Fsp3) is 0.242. The summed E-state index contributed by atoms with van der Waals surface area (Å²) in [6.45, 7) is 6.37. The average molecular weight is 770 g/mol. The molecule has 5 rings (SSSR count). The van der Waals surface area contributed by atoms with Crippen LogP contribution in [0.5, 0.6) is 28.7 Å². The SMILES string of the molecule is CCOc1ccc([C@H]2C(C(=O)OC)=CN=c3s/c(=C/c4cc(Br)c(Oc5ccc([N+](=O)[O-])cc5[N+](=O)[O-])c(OCC)c4)c(=O)n32)cc1OCC. The van der Waals surface area contributed by atoms with E-state index in [1.807, 2.05) is 13.8 Å². The molecule has 0 spiro atoms. The molecule has 0 saturated heterocycles. The number of nitro groups is 2. The Labute approximate surface area is 296 Å². The van der Waals surface area contributed by atoms with Crippen molar-refractivity contribution in [2.75, 3.05) is 26.9 Å². The lowest BCUT2D eigenvalue weighted by Crippen LogP contribution is -2.39. The van der Waals surface area contributed by atoms with Crippen LogP contribution in [0, 0.1) is 20.2 Å². The number of methoxy groups -OCH3 is 1. The van der Waals surface area contributed by atoms with Crippen molar-refractivity contribution >= 4 is 50.7 Å². The molecule has 3 aromatic carbocycles. The molecule has 0 amide bonds. The van der Waals surface area contributed by atoms with Gasteiger partial charge in [0, 0.05) is 12.3 Å². The number of hydrogen-bond acceptors (Lipinski definition) is 13. The summed E-state index contributed by atoms with van der Waals surface area (Å²) >= 11 is 4.54. The zero-order chi connectivity index (χ0) is 36.1. The maximum atomic E-state index is 14.1. The van der Waals surface area contributed by atoms with E-state index in [4.69, 9.17) is 23.7 Å². The minimum absolute atomic E-state index is 0.0748. The van der Waals surface area contributed by atoms with Crippen LogP contribution in [0.15, 0.2) is 74.6 Å². The quantitative estimate of drug-likeness (QED) is 0.0939. The summed E-state index contributed by atoms with van der Waals surface area (Å²) in [5.74, 6) is 0.314. The topological polar surface area (TPSA) is 184 Å². The van der Waals surface area contributed by atoms with Crippen LogP contribution in [-0.4, -0.2) is 47.3 Å². The van der Waals surface area contributed by atoms with Crippen molar-refractivity contribution in [2.24, 2.45) is 4.99 Å². The average Bonchev–Trinajstić information content (AvgIpc) is 3.40. The van der Waals surface area contributed by atoms with E-state index in [2.05, 4.69) is 20.9 Å². The van der Waals surface area contributed by atoms with Gasteiger partial charge < -0.3 is 23.7 Å². The lowest BCUT2D eigenvalue weighted by molar-refractivity contribution is -0.394. The number of hydrogen-bond donors (Lipinski definition) is 0. The predicted molar refractivity (Wildman–Crippen MR) is 185 cm³/mol. The van der Waals surface area contributed by atoms with Gasteiger partial charge in [-0.2, -0.15) is 0 Å². The van der Waals surface area contributed by atoms with Crippen molar-refractivity contribution in [2.45, 2.75) is 26.8 Å². The number of benzene rings is 3. The van der Waals surface area contributed by atoms with Crippen LogP contribution >= 0.6 is 27.3 Å². The van der Waals surface area contributed by atoms with Crippen LogP contribution in [0.3, 0.4) is 0 Å². The zero-order valence-electron chi connectivity index (χ0n) is 27.0. The maximum Gasteiger partial charge on any atom is 0.337 e. The molecule has 260 valence electrons. The van der Waals surface area contributed by atoms with Gasteiger partial charge in [-0.1, -0.05) is 17.4 Å². The van der Waals surface area contributed by atoms with Gasteiger partial charge >= 0.3 is 11.7 Å². The first-order valence-corrected chi connectivity index (χ1v) is 16.7. The molecule has 0 radical (unpaired) electrons. The highest BCUT2D eigenvalue weighted by molar-refractivity contribution is 9.10. The fourth-order valence-electron chi connectivity index (χ4n) is 5.13. The summed E-state index contributed by atoms with van der Waals surface area (Å²) in [5.41, 5.74) is -0.306. The number of aromatic nitrogens is 1. The summed E-state index contributed by atoms with van der Waals surface area (Å²) in [6.07, 6.45) is 2.99. The van der Waals surface area contributed by atoms with E-state index in [9.17, 15) is 29.8 Å². The third-order valence-corrected chi connectivity index (χ3v) is 8.79. The minimum atomic E-state index is -0.894. The van der Waals surface area contributed by atoms with Crippen LogP contribution in [0.4, 0.5) is 11.4 Å². The Morgan fingerprint density at radius 2 is 1.62 bits per heavy atom. The standard InChI is InChI=1S/C33H29BrN4O11S/c1-5-46-25-10-8-19(15-26(25)47-6-2)29-21(32(40)45-4)17-35-33-36(29)31(39)28(50-33)14-18-12-22(34)30(27(13-18)48-7-3)49-24-11-9-20(37(41)42)16-23(24)38(43)44/h8-17,29H,5-7H2,1-4H3/b28-14+/t29-/m0/s1. The van der Waals surface area contributed by atoms with Gasteiger partial charge in [-0.05, 0) is 84.2 Å². The second kappa shape index (κ2) is 15.3. The van der Waals surface area contributed by atoms with E-state index in [0.29, 0.717) is 45.1 Å². The number of esters is 1. The Morgan fingerprint density at radius 3 is 2.28 bits per heavy atom. The van der Waals surface area contributed by atoms with E-state index in [0.717, 1.165) is 29.5 Å². The van der Waals surface area contributed by atoms with E-state index in [-0.39, 0.29) is 34.0 Å². The van der Waals surface area contributed by atoms with Gasteiger partial charge in [-0.15, -0.1) is 0 Å². The molecular formula is C33H29BrN4O11S. The largest absolute Gasteiger partial charge is 0.490 e. The lowest BCUT2D eigenvalue weighted by atomic mass is 9.97. The lowest BCUT2D eigenvalue weighted by Gasteiger charge is -2.23. The van der Waals surface area contributed by atoms with Gasteiger partial charge in [0.1, 0.15) is 0 Å². The monoisotopic (exact) mass is 768 g/mol. The van der Waals surface area contributed by atoms with Gasteiger partial charge in [0.05, 0.1) is 63.5 Å². The van der Waals surface area contributed by atoms with Crippen molar-refractivity contribution in [3.8, 4) is 28.7 Å². The third-order valence-electron chi connectivity index (χ3n) is 7.20. The number of ether oxygens (including phenoxy) is 5. The second-order valence-electron chi connectivity index (χ2n) is 10.3. The molecule has 1 aromatic heterocycles. The Hall–Kier alpha value is -5.55. The van der Waals surface area contributed by atoms with Gasteiger partial charge in [0.2, 0.25) is 5.75 Å². The number of carbonyl (C=O) groups excluding carboxylic acids is 1. The first-order valence-electron chi connectivity index (χ1n) is 15.1. The second-order valence-corrected chi connectivity index (χ2v) is 12.1. The molecule has 17 heteroatoms. The number of non-ortho nitro benzene ring substituents is 1. The molecule has 0 saturated carbocycles. The van der Waals surface area contributed by atoms with Gasteiger partial charge in [-0.3, -0.25) is 29.6 Å². The highest BCUT2D eigenvalue weighted by Gasteiger charge is 2.32. The zero-order valence-corrected chi connectivity index (χ0v) is 29.4. The van der Waals surface area contributed by atoms with Crippen molar-refractivity contribution in [1.29, 1.82) is 0 Å². The maximum absolute atomic E-state index is 14.1. The number of nitro benzene ring substituents is 2. The number of halogens is 1. The Bertz CT molecular complexity index is 2210. The smallest absolute Gasteiger partial charge is 0.337 e. The molecule has 1 aliphatic rings. The Kier molecular flexibility index (Phi) is 11.0. The first kappa shape index (κ1) is 35.7. The summed E-state index contributed by atoms with van der Waals surface area (Å²) in [4.78, 5) is 53.1. The minimum Gasteiger partial charge on any atom is -0.490 e. The molecule has 0 unspecified atom stereocenters. The van der Waals surface area contributed by atoms with Gasteiger partial charge in [0.25, 0.3) is 11.2 Å². The van der Waals surface area contributed by atoms with Crippen LogP contribution in [0.25, 0.3) is 6.08 Å². The number of nitrogens with zero attached hydrogens (tertiary/aromatic N) is 4. The Morgan fingerprint density at radius 1 is 0.940 bits per heavy atom. The van der Waals surface area contributed by atoms with Crippen LogP contribution in [-0.2, 0) is 9.53 Å². The summed E-state index contributed by atoms with van der Waals surface area (Å²) in [7, 11) is 1.25. The normalized spacial score (nSPS) is 13.8. The van der Waals surface area contributed by atoms with E-state index in [1.54, 1.807) is 43.3 Å². The molecule has 1 aliphatic heterocycles. The highest BCUT2D eigenvalue weighted by atomic mass is 79.9. The summed E-state index contributed by atoms with van der Waals surface area (Å²) in [5, 5.41) is 22.9. The van der Waals surface area contributed by atoms with Crippen molar-refractivity contribution in [3.63, 3.8) is 0 Å². The molecular weight excluding hydrogens is 740 g/mol. The van der Waals surface area contributed by atoms with Gasteiger partial charge in [0.15, 0.2) is 27.8 Å². The van der Waals surface area contributed by atoms with Crippen molar-refractivity contribution in [3.05, 3.63) is 116 Å². The molecule has 2 heterocycles. The van der Waals surface area contributed by atoms with E-state index >= 15 is 0 Å². The number of fused-ring (bicyclic) bond motifs is 1. The summed E-state index contributed by atoms with van der Waals surface area (Å²) < 4.78 is 30.2. The third kappa shape index (κ3) is 7.23. The van der Waals surface area contributed by atoms with E-state index < -0.39 is 38.8 Å². The first-order chi connectivity index (χ1) is 24.0. The molecule has 0 aliphatic carbocycles. The number of thiazole rings is 1. The summed E-state index contributed by atoms with van der Waals surface area (Å²) in [6, 6.07) is 10.5. The van der Waals surface area contributed by atoms with E-state index in [1.165, 1.54) is 17.9 Å². The van der Waals surface area contributed by atoms with Crippen LogP contribution in [0.2, 0.25) is 0 Å². The molecule has 0 bridgehead atoms. The molecule has 0 fully saturated rings. The fourth-order valence-corrected chi connectivity index (χ4v) is 6.64.